The quantitative estimate of drug-likeness (QED) is 0.329. The van der Waals surface area contributed by atoms with Gasteiger partial charge in [0.05, 0.1) is 13.5 Å². The summed E-state index contributed by atoms with van der Waals surface area (Å²) in [4.78, 5) is 34.1. The number of amides is 2. The van der Waals surface area contributed by atoms with Crippen LogP contribution in [-0.4, -0.2) is 38.0 Å². The van der Waals surface area contributed by atoms with Gasteiger partial charge in [0.15, 0.2) is 0 Å². The molecule has 0 unspecified atom stereocenters. The minimum atomic E-state index is -0.352. The standard InChI is InChI=1S/C19H36N2O4/c1-3-4-5-6-7-8-9-10-11-12-17(22)20-15-13-18(23)21-16-14-19(24)25-2/h3-16H2,1-2H3,(H,20,22)(H,21,23). The van der Waals surface area contributed by atoms with Crippen LogP contribution in [0.2, 0.25) is 0 Å². The summed E-state index contributed by atoms with van der Waals surface area (Å²) in [7, 11) is 1.31. The molecule has 0 aliphatic heterocycles. The van der Waals surface area contributed by atoms with Crippen LogP contribution in [0.15, 0.2) is 0 Å². The molecule has 0 aromatic rings. The predicted molar refractivity (Wildman–Crippen MR) is 99.1 cm³/mol. The van der Waals surface area contributed by atoms with Crippen molar-refractivity contribution in [2.24, 2.45) is 0 Å². The zero-order valence-electron chi connectivity index (χ0n) is 16.0. The van der Waals surface area contributed by atoms with Crippen molar-refractivity contribution in [1.82, 2.24) is 10.6 Å². The summed E-state index contributed by atoms with van der Waals surface area (Å²) in [6.07, 6.45) is 12.0. The van der Waals surface area contributed by atoms with Crippen LogP contribution < -0.4 is 10.6 Å². The second-order valence-electron chi connectivity index (χ2n) is 6.35. The fourth-order valence-electron chi connectivity index (χ4n) is 2.49. The summed E-state index contributed by atoms with van der Waals surface area (Å²) in [6.45, 7) is 2.82. The van der Waals surface area contributed by atoms with Gasteiger partial charge in [-0.15, -0.1) is 0 Å². The summed E-state index contributed by atoms with van der Waals surface area (Å²) >= 11 is 0. The van der Waals surface area contributed by atoms with Crippen molar-refractivity contribution in [2.45, 2.75) is 84.0 Å². The van der Waals surface area contributed by atoms with E-state index in [-0.39, 0.29) is 37.2 Å². The normalized spacial score (nSPS) is 10.3. The SMILES string of the molecule is CCCCCCCCCCCC(=O)NCCC(=O)NCCC(=O)OC. The highest BCUT2D eigenvalue weighted by Crippen LogP contribution is 2.10. The highest BCUT2D eigenvalue weighted by Gasteiger charge is 2.05. The van der Waals surface area contributed by atoms with Gasteiger partial charge in [-0.2, -0.15) is 0 Å². The van der Waals surface area contributed by atoms with Crippen molar-refractivity contribution in [3.05, 3.63) is 0 Å². The third-order valence-electron chi connectivity index (χ3n) is 4.06. The molecule has 0 aliphatic rings. The van der Waals surface area contributed by atoms with Gasteiger partial charge in [-0.1, -0.05) is 58.3 Å². The first-order chi connectivity index (χ1) is 12.1. The molecular weight excluding hydrogens is 320 g/mol. The second kappa shape index (κ2) is 17.2. The highest BCUT2D eigenvalue weighted by atomic mass is 16.5. The zero-order chi connectivity index (χ0) is 18.8. The van der Waals surface area contributed by atoms with Gasteiger partial charge in [0.1, 0.15) is 0 Å². The summed E-state index contributed by atoms with van der Waals surface area (Å²) in [6, 6.07) is 0. The Hall–Kier alpha value is -1.59. The number of nitrogens with one attached hydrogen (secondary N) is 2. The Balaban J connectivity index is 3.38. The van der Waals surface area contributed by atoms with E-state index in [1.165, 1.54) is 52.1 Å². The van der Waals surface area contributed by atoms with Gasteiger partial charge in [-0.05, 0) is 6.42 Å². The summed E-state index contributed by atoms with van der Waals surface area (Å²) in [5, 5.41) is 5.37. The molecule has 0 rings (SSSR count). The Bertz CT molecular complexity index is 372. The van der Waals surface area contributed by atoms with Gasteiger partial charge < -0.3 is 15.4 Å². The number of hydrogen-bond donors (Lipinski definition) is 2. The molecule has 25 heavy (non-hydrogen) atoms. The summed E-state index contributed by atoms with van der Waals surface area (Å²) in [5.41, 5.74) is 0. The Kier molecular flexibility index (Phi) is 16.1. The van der Waals surface area contributed by atoms with Crippen LogP contribution in [0.5, 0.6) is 0 Å². The molecular formula is C19H36N2O4. The van der Waals surface area contributed by atoms with E-state index in [9.17, 15) is 14.4 Å². The van der Waals surface area contributed by atoms with E-state index >= 15 is 0 Å². The van der Waals surface area contributed by atoms with Crippen molar-refractivity contribution < 1.29 is 19.1 Å². The molecule has 0 atom stereocenters. The number of carbonyl (C=O) groups is 3. The van der Waals surface area contributed by atoms with E-state index in [2.05, 4.69) is 22.3 Å². The van der Waals surface area contributed by atoms with Crippen LogP contribution in [0.3, 0.4) is 0 Å². The van der Waals surface area contributed by atoms with Crippen LogP contribution in [-0.2, 0) is 19.1 Å². The van der Waals surface area contributed by atoms with E-state index in [0.717, 1.165) is 12.8 Å². The molecule has 0 fully saturated rings. The number of methoxy groups -OCH3 is 1. The van der Waals surface area contributed by atoms with Gasteiger partial charge >= 0.3 is 5.97 Å². The fourth-order valence-corrected chi connectivity index (χ4v) is 2.49. The Morgan fingerprint density at radius 2 is 1.16 bits per heavy atom. The number of esters is 1. The Labute approximate surface area is 152 Å². The third kappa shape index (κ3) is 17.0. The molecule has 6 nitrogen and oxygen atoms in total. The maximum atomic E-state index is 11.7. The van der Waals surface area contributed by atoms with Crippen LogP contribution in [0.25, 0.3) is 0 Å². The molecule has 6 heteroatoms. The maximum absolute atomic E-state index is 11.7. The van der Waals surface area contributed by atoms with E-state index in [1.54, 1.807) is 0 Å². The number of rotatable bonds is 16. The number of ether oxygens (including phenoxy) is 1. The third-order valence-corrected chi connectivity index (χ3v) is 4.06. The lowest BCUT2D eigenvalue weighted by Crippen LogP contribution is -2.31. The fraction of sp³-hybridized carbons (Fsp3) is 0.842. The molecule has 0 aliphatic carbocycles. The molecule has 2 N–H and O–H groups in total. The van der Waals surface area contributed by atoms with Gasteiger partial charge in [0.25, 0.3) is 0 Å². The molecule has 0 heterocycles. The van der Waals surface area contributed by atoms with Crippen LogP contribution in [0, 0.1) is 0 Å². The lowest BCUT2D eigenvalue weighted by Gasteiger charge is -2.06. The van der Waals surface area contributed by atoms with Gasteiger partial charge in [-0.3, -0.25) is 14.4 Å². The van der Waals surface area contributed by atoms with Gasteiger partial charge in [0, 0.05) is 25.9 Å². The van der Waals surface area contributed by atoms with Crippen LogP contribution >= 0.6 is 0 Å². The molecule has 0 saturated heterocycles. The van der Waals surface area contributed by atoms with E-state index in [0.29, 0.717) is 13.0 Å². The Morgan fingerprint density at radius 1 is 0.680 bits per heavy atom. The van der Waals surface area contributed by atoms with E-state index < -0.39 is 0 Å². The highest BCUT2D eigenvalue weighted by molar-refractivity contribution is 5.79. The summed E-state index contributed by atoms with van der Waals surface area (Å²) < 4.78 is 4.48. The van der Waals surface area contributed by atoms with Gasteiger partial charge in [-0.25, -0.2) is 0 Å². The van der Waals surface area contributed by atoms with E-state index in [4.69, 9.17) is 0 Å². The molecule has 0 aromatic carbocycles. The topological polar surface area (TPSA) is 84.5 Å². The lowest BCUT2D eigenvalue weighted by molar-refractivity contribution is -0.140. The Morgan fingerprint density at radius 3 is 1.72 bits per heavy atom. The van der Waals surface area contributed by atoms with Crippen molar-refractivity contribution in [3.8, 4) is 0 Å². The van der Waals surface area contributed by atoms with Gasteiger partial charge in [0.2, 0.25) is 11.8 Å². The average molecular weight is 357 g/mol. The minimum absolute atomic E-state index is 0.00491. The maximum Gasteiger partial charge on any atom is 0.307 e. The first-order valence-electron chi connectivity index (χ1n) is 9.70. The molecule has 0 bridgehead atoms. The second-order valence-corrected chi connectivity index (χ2v) is 6.35. The lowest BCUT2D eigenvalue weighted by atomic mass is 10.1. The minimum Gasteiger partial charge on any atom is -0.469 e. The molecule has 0 spiro atoms. The smallest absolute Gasteiger partial charge is 0.307 e. The van der Waals surface area contributed by atoms with Crippen molar-refractivity contribution in [3.63, 3.8) is 0 Å². The van der Waals surface area contributed by atoms with Crippen LogP contribution in [0.1, 0.15) is 84.0 Å². The van der Waals surface area contributed by atoms with E-state index in [1.807, 2.05) is 0 Å². The molecule has 0 aromatic heterocycles. The van der Waals surface area contributed by atoms with Crippen molar-refractivity contribution >= 4 is 17.8 Å². The average Bonchev–Trinajstić information content (AvgIpc) is 2.60. The van der Waals surface area contributed by atoms with Crippen molar-refractivity contribution in [2.75, 3.05) is 20.2 Å². The predicted octanol–water partition coefficient (Wildman–Crippen LogP) is 3.09. The molecule has 0 saturated carbocycles. The molecule has 2 amide bonds. The number of unbranched alkanes of at least 4 members (excludes halogenated alkanes) is 8. The summed E-state index contributed by atoms with van der Waals surface area (Å²) in [5.74, 6) is -0.521. The largest absolute Gasteiger partial charge is 0.469 e. The molecule has 0 radical (unpaired) electrons. The number of hydrogen-bond acceptors (Lipinski definition) is 4. The zero-order valence-corrected chi connectivity index (χ0v) is 16.0. The number of carbonyl (C=O) groups excluding carboxylic acids is 3. The van der Waals surface area contributed by atoms with Crippen molar-refractivity contribution in [1.29, 1.82) is 0 Å². The van der Waals surface area contributed by atoms with Crippen LogP contribution in [0.4, 0.5) is 0 Å². The first-order valence-corrected chi connectivity index (χ1v) is 9.70. The first kappa shape index (κ1) is 23.4. The monoisotopic (exact) mass is 356 g/mol. The molecule has 146 valence electrons.